The Morgan fingerprint density at radius 1 is 0.894 bits per heavy atom. The van der Waals surface area contributed by atoms with E-state index in [9.17, 15) is 29.4 Å². The van der Waals surface area contributed by atoms with Gasteiger partial charge in [0.05, 0.1) is 11.9 Å². The number of piperazine rings is 1. The zero-order valence-corrected chi connectivity index (χ0v) is 26.8. The highest BCUT2D eigenvalue weighted by Gasteiger charge is 2.25. The van der Waals surface area contributed by atoms with E-state index in [-0.39, 0.29) is 35.1 Å². The smallest absolute Gasteiger partial charge is 0.287 e. The summed E-state index contributed by atoms with van der Waals surface area (Å²) in [6.07, 6.45) is 2.56. The highest BCUT2D eigenvalue weighted by molar-refractivity contribution is 6.30. The molecule has 2 aliphatic rings. The third kappa shape index (κ3) is 8.42. The number of rotatable bonds is 6. The summed E-state index contributed by atoms with van der Waals surface area (Å²) in [5.74, 6) is -2.08. The molecule has 0 bridgehead atoms. The van der Waals surface area contributed by atoms with Crippen LogP contribution in [-0.4, -0.2) is 77.0 Å². The molecule has 0 atom stereocenters. The molecule has 2 aliphatic heterocycles. The summed E-state index contributed by atoms with van der Waals surface area (Å²) < 4.78 is 5.41. The maximum atomic E-state index is 12.8. The number of aryl methyl sites for hydroxylation is 1. The number of nitrogens with one attached hydrogen (secondary N) is 1. The third-order valence-corrected chi connectivity index (χ3v) is 8.46. The van der Waals surface area contributed by atoms with Gasteiger partial charge in [0.15, 0.2) is 22.7 Å². The van der Waals surface area contributed by atoms with Gasteiger partial charge in [0.1, 0.15) is 5.58 Å². The van der Waals surface area contributed by atoms with E-state index in [4.69, 9.17) is 16.0 Å². The molecule has 246 valence electrons. The van der Waals surface area contributed by atoms with E-state index in [0.717, 1.165) is 53.9 Å². The lowest BCUT2D eigenvalue weighted by molar-refractivity contribution is -0.134. The number of para-hydroxylation sites is 1. The van der Waals surface area contributed by atoms with Crippen LogP contribution in [-0.2, 0) is 16.1 Å². The molecule has 3 heterocycles. The van der Waals surface area contributed by atoms with Gasteiger partial charge in [0, 0.05) is 68.5 Å². The van der Waals surface area contributed by atoms with Crippen molar-refractivity contribution in [1.82, 2.24) is 15.1 Å². The lowest BCUT2D eigenvalue weighted by atomic mass is 10.1. The first-order valence-electron chi connectivity index (χ1n) is 15.5. The summed E-state index contributed by atoms with van der Waals surface area (Å²) in [4.78, 5) is 55.8. The van der Waals surface area contributed by atoms with Crippen molar-refractivity contribution in [3.63, 3.8) is 0 Å². The average molecular weight is 661 g/mol. The van der Waals surface area contributed by atoms with Crippen molar-refractivity contribution in [2.75, 3.05) is 44.2 Å². The Bertz CT molecular complexity index is 1800. The summed E-state index contributed by atoms with van der Waals surface area (Å²) >= 11 is 5.61. The Balaban J connectivity index is 0.000000474. The van der Waals surface area contributed by atoms with Crippen molar-refractivity contribution >= 4 is 46.0 Å². The minimum Gasteiger partial charge on any atom is -0.504 e. The van der Waals surface area contributed by atoms with Crippen LogP contribution >= 0.6 is 11.6 Å². The Morgan fingerprint density at radius 3 is 2.30 bits per heavy atom. The SMILES string of the molecule is Cc1ccc(Cl)cc1.O=C(NCC(=O)N1CCN(c2ccccc2CN2CCCCC2=O)CC1)c1cc(=O)c2cc(O)c(O)cc2o1. The van der Waals surface area contributed by atoms with Crippen LogP contribution in [0.15, 0.2) is 75.9 Å². The van der Waals surface area contributed by atoms with Gasteiger partial charge in [0.2, 0.25) is 11.8 Å². The lowest BCUT2D eigenvalue weighted by Gasteiger charge is -2.37. The van der Waals surface area contributed by atoms with Crippen molar-refractivity contribution in [3.05, 3.63) is 98.9 Å². The molecule has 0 unspecified atom stereocenters. The van der Waals surface area contributed by atoms with Crippen LogP contribution in [0.5, 0.6) is 11.5 Å². The van der Waals surface area contributed by atoms with Crippen molar-refractivity contribution < 1.29 is 29.0 Å². The predicted octanol–water partition coefficient (Wildman–Crippen LogP) is 4.44. The second kappa shape index (κ2) is 15.0. The van der Waals surface area contributed by atoms with E-state index in [1.165, 1.54) is 5.56 Å². The number of benzene rings is 3. The first-order chi connectivity index (χ1) is 22.6. The van der Waals surface area contributed by atoms with Crippen molar-refractivity contribution in [1.29, 1.82) is 0 Å². The molecular formula is C35H37ClN4O7. The molecule has 3 amide bonds. The molecule has 4 aromatic rings. The van der Waals surface area contributed by atoms with Gasteiger partial charge < -0.3 is 34.6 Å². The number of amides is 3. The lowest BCUT2D eigenvalue weighted by Crippen LogP contribution is -2.51. The Hall–Kier alpha value is -5.03. The molecular weight excluding hydrogens is 624 g/mol. The fourth-order valence-corrected chi connectivity index (χ4v) is 5.69. The van der Waals surface area contributed by atoms with Crippen LogP contribution in [0.25, 0.3) is 11.0 Å². The maximum Gasteiger partial charge on any atom is 0.287 e. The molecule has 2 saturated heterocycles. The summed E-state index contributed by atoms with van der Waals surface area (Å²) in [7, 11) is 0. The number of carbonyl (C=O) groups is 3. The molecule has 3 aromatic carbocycles. The predicted molar refractivity (Wildman–Crippen MR) is 179 cm³/mol. The van der Waals surface area contributed by atoms with Gasteiger partial charge >= 0.3 is 0 Å². The van der Waals surface area contributed by atoms with Crippen LogP contribution in [0, 0.1) is 6.92 Å². The fourth-order valence-electron chi connectivity index (χ4n) is 5.56. The van der Waals surface area contributed by atoms with Gasteiger partial charge in [-0.2, -0.15) is 0 Å². The number of likely N-dealkylation sites (tertiary alicyclic amines) is 1. The van der Waals surface area contributed by atoms with E-state index in [1.54, 1.807) is 4.90 Å². The van der Waals surface area contributed by atoms with Gasteiger partial charge in [-0.25, -0.2) is 0 Å². The molecule has 3 N–H and O–H groups in total. The topological polar surface area (TPSA) is 144 Å². The van der Waals surface area contributed by atoms with Gasteiger partial charge in [-0.15, -0.1) is 0 Å². The Morgan fingerprint density at radius 2 is 1.60 bits per heavy atom. The number of fused-ring (bicyclic) bond motifs is 1. The molecule has 11 nitrogen and oxygen atoms in total. The zero-order valence-electron chi connectivity index (χ0n) is 26.1. The van der Waals surface area contributed by atoms with E-state index < -0.39 is 22.8 Å². The van der Waals surface area contributed by atoms with E-state index in [2.05, 4.69) is 10.2 Å². The third-order valence-electron chi connectivity index (χ3n) is 8.21. The number of halogens is 1. The normalized spacial score (nSPS) is 14.9. The van der Waals surface area contributed by atoms with Crippen LogP contribution < -0.4 is 15.6 Å². The number of carbonyl (C=O) groups excluding carboxylic acids is 3. The van der Waals surface area contributed by atoms with E-state index in [0.29, 0.717) is 39.1 Å². The van der Waals surface area contributed by atoms with Gasteiger partial charge in [-0.1, -0.05) is 47.5 Å². The van der Waals surface area contributed by atoms with Gasteiger partial charge in [0.25, 0.3) is 5.91 Å². The molecule has 6 rings (SSSR count). The number of phenolic OH excluding ortho intramolecular Hbond substituents is 2. The quantitative estimate of drug-likeness (QED) is 0.258. The fraction of sp³-hybridized carbons (Fsp3) is 0.314. The summed E-state index contributed by atoms with van der Waals surface area (Å²) in [6, 6.07) is 18.9. The molecule has 47 heavy (non-hydrogen) atoms. The molecule has 0 aliphatic carbocycles. The standard InChI is InChI=1S/C28H30N4O7.C7H7Cl/c33-21-14-25(39-24-15-23(35)22(34)13-19(21)24)28(38)29-16-27(37)31-11-9-30(10-12-31)20-6-2-1-5-18(20)17-32-8-4-3-7-26(32)36;1-6-2-4-7(8)5-3-6/h1-2,5-6,13-15,34-35H,3-4,7-12,16-17H2,(H,29,38);2-5H,1H3. The zero-order chi connectivity index (χ0) is 33.5. The maximum absolute atomic E-state index is 12.8. The number of piperidine rings is 1. The molecule has 2 fully saturated rings. The van der Waals surface area contributed by atoms with Crippen LogP contribution in [0.4, 0.5) is 5.69 Å². The number of phenols is 2. The average Bonchev–Trinajstić information content (AvgIpc) is 3.07. The van der Waals surface area contributed by atoms with Crippen molar-refractivity contribution in [2.45, 2.75) is 32.7 Å². The number of aromatic hydroxyl groups is 2. The summed E-state index contributed by atoms with van der Waals surface area (Å²) in [5.41, 5.74) is 2.76. The number of hydrogen-bond donors (Lipinski definition) is 3. The van der Waals surface area contributed by atoms with Crippen LogP contribution in [0.2, 0.25) is 5.02 Å². The number of hydrogen-bond acceptors (Lipinski definition) is 8. The highest BCUT2D eigenvalue weighted by atomic mass is 35.5. The van der Waals surface area contributed by atoms with E-state index in [1.807, 2.05) is 60.4 Å². The minimum atomic E-state index is -0.741. The van der Waals surface area contributed by atoms with Gasteiger partial charge in [-0.3, -0.25) is 19.2 Å². The second-order valence-electron chi connectivity index (χ2n) is 11.6. The molecule has 12 heteroatoms. The number of anilines is 1. The molecule has 1 aromatic heterocycles. The summed E-state index contributed by atoms with van der Waals surface area (Å²) in [6.45, 7) is 5.28. The highest BCUT2D eigenvalue weighted by Crippen LogP contribution is 2.29. The van der Waals surface area contributed by atoms with Gasteiger partial charge in [-0.05, 0) is 49.6 Å². The first-order valence-corrected chi connectivity index (χ1v) is 15.9. The number of nitrogens with zero attached hydrogens (tertiary/aromatic N) is 3. The van der Waals surface area contributed by atoms with Crippen LogP contribution in [0.3, 0.4) is 0 Å². The van der Waals surface area contributed by atoms with Crippen LogP contribution in [0.1, 0.15) is 40.9 Å². The van der Waals surface area contributed by atoms with Crippen molar-refractivity contribution in [2.24, 2.45) is 0 Å². The molecule has 0 radical (unpaired) electrons. The minimum absolute atomic E-state index is 0.0138. The second-order valence-corrected chi connectivity index (χ2v) is 12.0. The Labute approximate surface area is 277 Å². The largest absolute Gasteiger partial charge is 0.504 e. The van der Waals surface area contributed by atoms with Crippen molar-refractivity contribution in [3.8, 4) is 11.5 Å². The molecule has 0 saturated carbocycles. The Kier molecular flexibility index (Phi) is 10.7. The summed E-state index contributed by atoms with van der Waals surface area (Å²) in [5, 5.41) is 22.6. The van der Waals surface area contributed by atoms with E-state index >= 15 is 0 Å². The monoisotopic (exact) mass is 660 g/mol. The first kappa shape index (κ1) is 33.3. The molecule has 0 spiro atoms.